The summed E-state index contributed by atoms with van der Waals surface area (Å²) in [7, 11) is -3.62. The highest BCUT2D eigenvalue weighted by Crippen LogP contribution is 2.36. The molecule has 0 aromatic heterocycles. The lowest BCUT2D eigenvalue weighted by atomic mass is 9.99. The summed E-state index contributed by atoms with van der Waals surface area (Å²) >= 11 is 6.18. The Morgan fingerprint density at radius 1 is 1.12 bits per heavy atom. The summed E-state index contributed by atoms with van der Waals surface area (Å²) in [6.45, 7) is 5.10. The largest absolute Gasteiger partial charge is 0.455 e. The van der Waals surface area contributed by atoms with E-state index in [1.165, 1.54) is 4.31 Å². The number of para-hydroxylation sites is 1. The van der Waals surface area contributed by atoms with Crippen LogP contribution in [-0.4, -0.2) is 33.7 Å². The molecule has 0 saturated heterocycles. The van der Waals surface area contributed by atoms with Crippen LogP contribution in [0.2, 0.25) is 5.02 Å². The second-order valence-corrected chi connectivity index (χ2v) is 10.5. The highest BCUT2D eigenvalue weighted by atomic mass is 35.5. The third-order valence-electron chi connectivity index (χ3n) is 5.46. The minimum absolute atomic E-state index is 0.0646. The van der Waals surface area contributed by atoms with Crippen LogP contribution in [0.25, 0.3) is 0 Å². The Labute approximate surface area is 203 Å². The fraction of sp³-hybridized carbons (Fsp3) is 0.480. The summed E-state index contributed by atoms with van der Waals surface area (Å²) in [5.74, 6) is 1.38. The standard InChI is InChI=1S/C25H35ClN2O4S/c1-4-6-11-20(5-2)19-27-25(29)14-10-17-28(33(3,30)31)23-18-21(26)15-16-24(23)32-22-12-8-7-9-13-22/h7-9,12-13,15-16,18,20H,4-6,10-11,14,17,19H2,1-3H3,(H,27,29)/t20-/m0/s1. The molecule has 33 heavy (non-hydrogen) atoms. The second kappa shape index (κ2) is 13.5. The maximum absolute atomic E-state index is 12.6. The Balaban J connectivity index is 2.06. The molecule has 6 nitrogen and oxygen atoms in total. The molecule has 0 saturated carbocycles. The third kappa shape index (κ3) is 9.26. The molecule has 0 radical (unpaired) electrons. The van der Waals surface area contributed by atoms with E-state index in [2.05, 4.69) is 19.2 Å². The summed E-state index contributed by atoms with van der Waals surface area (Å²) in [6, 6.07) is 14.0. The van der Waals surface area contributed by atoms with E-state index in [0.717, 1.165) is 31.9 Å². The molecular weight excluding hydrogens is 460 g/mol. The van der Waals surface area contributed by atoms with Gasteiger partial charge in [0, 0.05) is 24.5 Å². The molecule has 1 amide bonds. The van der Waals surface area contributed by atoms with Crippen molar-refractivity contribution in [1.82, 2.24) is 5.32 Å². The van der Waals surface area contributed by atoms with Gasteiger partial charge >= 0.3 is 0 Å². The number of unbranched alkanes of at least 4 members (excludes halogenated alkanes) is 1. The van der Waals surface area contributed by atoms with Crippen LogP contribution in [0.4, 0.5) is 5.69 Å². The van der Waals surface area contributed by atoms with Crippen molar-refractivity contribution in [2.45, 2.75) is 52.4 Å². The van der Waals surface area contributed by atoms with Crippen LogP contribution in [0.1, 0.15) is 52.4 Å². The number of carbonyl (C=O) groups is 1. The van der Waals surface area contributed by atoms with E-state index in [4.69, 9.17) is 16.3 Å². The van der Waals surface area contributed by atoms with Crippen molar-refractivity contribution < 1.29 is 17.9 Å². The lowest BCUT2D eigenvalue weighted by Crippen LogP contribution is -2.33. The molecule has 2 rings (SSSR count). The molecule has 0 bridgehead atoms. The van der Waals surface area contributed by atoms with Gasteiger partial charge in [-0.05, 0) is 49.1 Å². The average Bonchev–Trinajstić information content (AvgIpc) is 2.78. The molecule has 182 valence electrons. The van der Waals surface area contributed by atoms with Crippen molar-refractivity contribution >= 4 is 33.2 Å². The summed E-state index contributed by atoms with van der Waals surface area (Å²) in [5.41, 5.74) is 0.347. The molecule has 2 aromatic carbocycles. The Kier molecular flexibility index (Phi) is 11.0. The van der Waals surface area contributed by atoms with Crippen molar-refractivity contribution in [2.75, 3.05) is 23.7 Å². The Hall–Kier alpha value is -2.25. The van der Waals surface area contributed by atoms with E-state index in [1.54, 1.807) is 30.3 Å². The molecule has 8 heteroatoms. The molecule has 0 aliphatic rings. The molecule has 1 atom stereocenters. The number of ether oxygens (including phenoxy) is 1. The number of nitrogens with one attached hydrogen (secondary N) is 1. The fourth-order valence-corrected chi connectivity index (χ4v) is 4.65. The van der Waals surface area contributed by atoms with Gasteiger partial charge in [-0.15, -0.1) is 0 Å². The highest BCUT2D eigenvalue weighted by molar-refractivity contribution is 7.92. The predicted octanol–water partition coefficient (Wildman–Crippen LogP) is 6.01. The maximum Gasteiger partial charge on any atom is 0.232 e. The number of nitrogens with zero attached hydrogens (tertiary/aromatic N) is 1. The van der Waals surface area contributed by atoms with Crippen LogP contribution in [0.15, 0.2) is 48.5 Å². The first-order chi connectivity index (χ1) is 15.7. The second-order valence-electron chi connectivity index (χ2n) is 8.19. The van der Waals surface area contributed by atoms with Gasteiger partial charge in [0.25, 0.3) is 0 Å². The van der Waals surface area contributed by atoms with E-state index in [-0.39, 0.29) is 18.9 Å². The van der Waals surface area contributed by atoms with Gasteiger partial charge in [-0.1, -0.05) is 62.9 Å². The van der Waals surface area contributed by atoms with Gasteiger partial charge in [-0.2, -0.15) is 0 Å². The summed E-state index contributed by atoms with van der Waals surface area (Å²) in [5, 5.41) is 3.39. The van der Waals surface area contributed by atoms with Crippen LogP contribution in [0.5, 0.6) is 11.5 Å². The van der Waals surface area contributed by atoms with Gasteiger partial charge in [-0.3, -0.25) is 9.10 Å². The van der Waals surface area contributed by atoms with Crippen LogP contribution in [0.3, 0.4) is 0 Å². The van der Waals surface area contributed by atoms with Gasteiger partial charge in [0.2, 0.25) is 15.9 Å². The number of sulfonamides is 1. The summed E-state index contributed by atoms with van der Waals surface area (Å²) in [4.78, 5) is 12.3. The van der Waals surface area contributed by atoms with Crippen molar-refractivity contribution in [1.29, 1.82) is 0 Å². The van der Waals surface area contributed by atoms with Gasteiger partial charge in [-0.25, -0.2) is 8.42 Å². The Morgan fingerprint density at radius 3 is 2.48 bits per heavy atom. The van der Waals surface area contributed by atoms with E-state index in [1.807, 2.05) is 18.2 Å². The fourth-order valence-electron chi connectivity index (χ4n) is 3.53. The molecule has 0 spiro atoms. The first-order valence-corrected chi connectivity index (χ1v) is 13.7. The lowest BCUT2D eigenvalue weighted by molar-refractivity contribution is -0.121. The topological polar surface area (TPSA) is 75.7 Å². The molecule has 0 fully saturated rings. The number of rotatable bonds is 14. The predicted molar refractivity (Wildman–Crippen MR) is 136 cm³/mol. The quantitative estimate of drug-likeness (QED) is 0.349. The van der Waals surface area contributed by atoms with Gasteiger partial charge < -0.3 is 10.1 Å². The zero-order valence-electron chi connectivity index (χ0n) is 19.7. The molecule has 0 aliphatic carbocycles. The number of hydrogen-bond acceptors (Lipinski definition) is 4. The summed E-state index contributed by atoms with van der Waals surface area (Å²) in [6.07, 6.45) is 6.19. The first-order valence-electron chi connectivity index (χ1n) is 11.5. The Bertz CT molecular complexity index is 983. The van der Waals surface area contributed by atoms with Crippen molar-refractivity contribution in [3.8, 4) is 11.5 Å². The SMILES string of the molecule is CCCC[C@H](CC)CNC(=O)CCCN(c1cc(Cl)ccc1Oc1ccccc1)S(C)(=O)=O. The molecule has 1 N–H and O–H groups in total. The van der Waals surface area contributed by atoms with Crippen LogP contribution in [-0.2, 0) is 14.8 Å². The number of halogens is 1. The van der Waals surface area contributed by atoms with Crippen LogP contribution >= 0.6 is 11.6 Å². The molecular formula is C25H35ClN2O4S. The lowest BCUT2D eigenvalue weighted by Gasteiger charge is -2.25. The molecule has 0 unspecified atom stereocenters. The molecule has 0 heterocycles. The van der Waals surface area contributed by atoms with Crippen molar-refractivity contribution in [3.05, 3.63) is 53.6 Å². The van der Waals surface area contributed by atoms with Gasteiger partial charge in [0.15, 0.2) is 5.75 Å². The van der Waals surface area contributed by atoms with Crippen molar-refractivity contribution in [2.24, 2.45) is 5.92 Å². The van der Waals surface area contributed by atoms with Crippen LogP contribution in [0, 0.1) is 5.92 Å². The first kappa shape index (κ1) is 27.0. The van der Waals surface area contributed by atoms with E-state index >= 15 is 0 Å². The van der Waals surface area contributed by atoms with Gasteiger partial charge in [0.1, 0.15) is 5.75 Å². The summed E-state index contributed by atoms with van der Waals surface area (Å²) < 4.78 is 32.4. The minimum Gasteiger partial charge on any atom is -0.455 e. The highest BCUT2D eigenvalue weighted by Gasteiger charge is 2.22. The van der Waals surface area contributed by atoms with E-state index in [9.17, 15) is 13.2 Å². The number of anilines is 1. The average molecular weight is 495 g/mol. The van der Waals surface area contributed by atoms with Gasteiger partial charge in [0.05, 0.1) is 11.9 Å². The number of amides is 1. The zero-order valence-corrected chi connectivity index (χ0v) is 21.3. The monoisotopic (exact) mass is 494 g/mol. The zero-order chi connectivity index (χ0) is 24.3. The molecule has 0 aliphatic heterocycles. The van der Waals surface area contributed by atoms with Crippen molar-refractivity contribution in [3.63, 3.8) is 0 Å². The number of carbonyl (C=O) groups excluding carboxylic acids is 1. The normalized spacial score (nSPS) is 12.2. The third-order valence-corrected chi connectivity index (χ3v) is 6.87. The van der Waals surface area contributed by atoms with E-state index in [0.29, 0.717) is 41.1 Å². The minimum atomic E-state index is -3.62. The number of benzene rings is 2. The smallest absolute Gasteiger partial charge is 0.232 e. The molecule has 2 aromatic rings. The maximum atomic E-state index is 12.6. The Morgan fingerprint density at radius 2 is 1.85 bits per heavy atom. The van der Waals surface area contributed by atoms with Crippen LogP contribution < -0.4 is 14.4 Å². The van der Waals surface area contributed by atoms with E-state index < -0.39 is 10.0 Å². The number of hydrogen-bond donors (Lipinski definition) is 1.